The zero-order valence-corrected chi connectivity index (χ0v) is 18.4. The molecule has 0 N–H and O–H groups in total. The van der Waals surface area contributed by atoms with Gasteiger partial charge in [0.05, 0.1) is 0 Å². The van der Waals surface area contributed by atoms with E-state index in [2.05, 4.69) is 39.0 Å². The maximum Gasteiger partial charge on any atom is 0.433 e. The average Bonchev–Trinajstić information content (AvgIpc) is 2.91. The van der Waals surface area contributed by atoms with Gasteiger partial charge in [0, 0.05) is 30.5 Å². The molecule has 4 nitrogen and oxygen atoms in total. The Hall–Kier alpha value is -0.983. The quantitative estimate of drug-likeness (QED) is 0.331. The molecular weight excluding hydrogens is 391 g/mol. The maximum absolute atomic E-state index is 13.2. The summed E-state index contributed by atoms with van der Waals surface area (Å²) in [6.45, 7) is 11.3. The fourth-order valence-corrected chi connectivity index (χ4v) is 4.95. The van der Waals surface area contributed by atoms with Crippen molar-refractivity contribution in [1.82, 2.24) is 9.78 Å². The van der Waals surface area contributed by atoms with Crippen molar-refractivity contribution in [1.29, 1.82) is 5.26 Å². The lowest BCUT2D eigenvalue weighted by Crippen LogP contribution is -2.44. The molecule has 1 heterocycles. The van der Waals surface area contributed by atoms with E-state index in [0.717, 1.165) is 36.4 Å². The fourth-order valence-electron chi connectivity index (χ4n) is 3.13. The maximum atomic E-state index is 13.2. The van der Waals surface area contributed by atoms with Crippen molar-refractivity contribution in [2.24, 2.45) is 5.92 Å². The Balaban J connectivity index is 1.99. The molecule has 2 rings (SSSR count). The molecule has 1 fully saturated rings. The van der Waals surface area contributed by atoms with E-state index in [1.807, 2.05) is 0 Å². The van der Waals surface area contributed by atoms with E-state index in [4.69, 9.17) is 9.69 Å². The lowest BCUT2D eigenvalue weighted by Gasteiger charge is -2.41. The molecule has 0 saturated heterocycles. The van der Waals surface area contributed by atoms with Gasteiger partial charge in [0.1, 0.15) is 16.1 Å². The number of halogens is 3. The second-order valence-corrected chi connectivity index (χ2v) is 14.3. The van der Waals surface area contributed by atoms with E-state index < -0.39 is 20.2 Å². The third-order valence-electron chi connectivity index (χ3n) is 5.69. The highest BCUT2D eigenvalue weighted by Gasteiger charge is 2.40. The first kappa shape index (κ1) is 22.3. The predicted molar refractivity (Wildman–Crippen MR) is 103 cm³/mol. The topological polar surface area (TPSA) is 50.8 Å². The number of hydrogen-bond acceptors (Lipinski definition) is 4. The average molecular weight is 420 g/mol. The van der Waals surface area contributed by atoms with Crippen molar-refractivity contribution >= 4 is 20.1 Å². The Morgan fingerprint density at radius 3 is 2.33 bits per heavy atom. The third kappa shape index (κ3) is 5.75. The van der Waals surface area contributed by atoms with Crippen LogP contribution >= 0.6 is 11.8 Å². The molecule has 1 aromatic rings. The van der Waals surface area contributed by atoms with Crippen LogP contribution < -0.4 is 0 Å². The van der Waals surface area contributed by atoms with Gasteiger partial charge in [0.25, 0.3) is 0 Å². The van der Waals surface area contributed by atoms with Gasteiger partial charge in [-0.1, -0.05) is 20.8 Å². The molecule has 0 aliphatic heterocycles. The summed E-state index contributed by atoms with van der Waals surface area (Å²) in [4.78, 5) is 0. The second-order valence-electron chi connectivity index (χ2n) is 8.76. The highest BCUT2D eigenvalue weighted by Crippen LogP contribution is 2.40. The van der Waals surface area contributed by atoms with Gasteiger partial charge in [0.2, 0.25) is 0 Å². The molecule has 0 aromatic carbocycles. The van der Waals surface area contributed by atoms with Gasteiger partial charge in [0.15, 0.2) is 8.32 Å². The monoisotopic (exact) mass is 419 g/mol. The summed E-state index contributed by atoms with van der Waals surface area (Å²) in [7, 11) is -1.83. The molecule has 1 aromatic heterocycles. The third-order valence-corrected chi connectivity index (χ3v) is 10.7. The molecule has 0 bridgehead atoms. The Labute approximate surface area is 164 Å². The minimum absolute atomic E-state index is 0.0970. The Kier molecular flexibility index (Phi) is 6.75. The van der Waals surface area contributed by atoms with Gasteiger partial charge in [-0.05, 0) is 49.7 Å². The highest BCUT2D eigenvalue weighted by molar-refractivity contribution is 8.03. The van der Waals surface area contributed by atoms with E-state index >= 15 is 0 Å². The van der Waals surface area contributed by atoms with Crippen LogP contribution in [-0.4, -0.2) is 24.2 Å². The molecule has 0 amide bonds. The van der Waals surface area contributed by atoms with Crippen molar-refractivity contribution < 1.29 is 17.6 Å². The number of hydrogen-bond donors (Lipinski definition) is 0. The SMILES string of the molecule is CC(C)(C)[Si](C)(C)OC1CCC(Cn2nc(SC#N)cc2C(F)(F)F)CC1. The standard InChI is InChI=1S/C18H28F3N3OSSi/c1-17(2,3)27(4,5)25-14-8-6-13(7-9-14)11-24-15(18(19,20)21)10-16(23-24)26-12-22/h10,13-14H,6-9,11H2,1-5H3. The molecular formula is C18H28F3N3OSSi. The van der Waals surface area contributed by atoms with E-state index in [0.29, 0.717) is 11.8 Å². The molecule has 152 valence electrons. The Morgan fingerprint density at radius 2 is 1.85 bits per heavy atom. The van der Waals surface area contributed by atoms with Crippen LogP contribution in [0.5, 0.6) is 0 Å². The minimum Gasteiger partial charge on any atom is -0.414 e. The van der Waals surface area contributed by atoms with Crippen LogP contribution in [0.1, 0.15) is 52.1 Å². The lowest BCUT2D eigenvalue weighted by atomic mass is 9.87. The highest BCUT2D eigenvalue weighted by atomic mass is 32.2. The molecule has 0 unspecified atom stereocenters. The zero-order chi connectivity index (χ0) is 20.5. The summed E-state index contributed by atoms with van der Waals surface area (Å²) in [5.74, 6) is 0.144. The molecule has 1 aliphatic rings. The zero-order valence-electron chi connectivity index (χ0n) is 16.6. The number of nitrogens with zero attached hydrogens (tertiary/aromatic N) is 3. The van der Waals surface area contributed by atoms with E-state index in [9.17, 15) is 13.2 Å². The molecule has 0 radical (unpaired) electrons. The van der Waals surface area contributed by atoms with Crippen LogP contribution in [-0.2, 0) is 17.1 Å². The molecule has 1 aliphatic carbocycles. The molecule has 0 atom stereocenters. The van der Waals surface area contributed by atoms with E-state index in [1.165, 1.54) is 0 Å². The van der Waals surface area contributed by atoms with Gasteiger partial charge >= 0.3 is 6.18 Å². The van der Waals surface area contributed by atoms with Crippen molar-refractivity contribution in [2.45, 2.75) is 88.4 Å². The van der Waals surface area contributed by atoms with Crippen LogP contribution in [0.15, 0.2) is 11.1 Å². The predicted octanol–water partition coefficient (Wildman–Crippen LogP) is 6.06. The van der Waals surface area contributed by atoms with Gasteiger partial charge in [-0.25, -0.2) is 0 Å². The van der Waals surface area contributed by atoms with Crippen LogP contribution in [0.4, 0.5) is 13.2 Å². The number of alkyl halides is 3. The van der Waals surface area contributed by atoms with Crippen LogP contribution in [0, 0.1) is 16.6 Å². The van der Waals surface area contributed by atoms with Crippen LogP contribution in [0.25, 0.3) is 0 Å². The first-order chi connectivity index (χ1) is 12.3. The molecule has 9 heteroatoms. The summed E-state index contributed by atoms with van der Waals surface area (Å²) < 4.78 is 47.2. The second kappa shape index (κ2) is 8.17. The number of thiocyanates is 1. The van der Waals surface area contributed by atoms with Gasteiger partial charge in [-0.15, -0.1) is 0 Å². The van der Waals surface area contributed by atoms with Crippen molar-refractivity contribution in [3.8, 4) is 5.40 Å². The smallest absolute Gasteiger partial charge is 0.414 e. The van der Waals surface area contributed by atoms with E-state index in [1.54, 1.807) is 5.40 Å². The Bertz CT molecular complexity index is 683. The van der Waals surface area contributed by atoms with Crippen molar-refractivity contribution in [3.05, 3.63) is 11.8 Å². The summed E-state index contributed by atoms with van der Waals surface area (Å²) in [5.41, 5.74) is -0.778. The normalized spacial score (nSPS) is 21.9. The Morgan fingerprint density at radius 1 is 1.26 bits per heavy atom. The molecule has 0 spiro atoms. The summed E-state index contributed by atoms with van der Waals surface area (Å²) in [5, 5.41) is 14.7. The van der Waals surface area contributed by atoms with E-state index in [-0.39, 0.29) is 28.6 Å². The van der Waals surface area contributed by atoms with Gasteiger partial charge in [-0.3, -0.25) is 4.68 Å². The number of rotatable bonds is 5. The first-order valence-electron chi connectivity index (χ1n) is 9.22. The van der Waals surface area contributed by atoms with Crippen molar-refractivity contribution in [2.75, 3.05) is 0 Å². The van der Waals surface area contributed by atoms with Gasteiger partial charge < -0.3 is 4.43 Å². The lowest BCUT2D eigenvalue weighted by molar-refractivity contribution is -0.144. The summed E-state index contributed by atoms with van der Waals surface area (Å²) in [6.07, 6.45) is -0.858. The number of aromatic nitrogens is 2. The number of nitriles is 1. The summed E-state index contributed by atoms with van der Waals surface area (Å²) >= 11 is 0.656. The number of thioether (sulfide) groups is 1. The minimum atomic E-state index is -4.47. The molecule has 27 heavy (non-hydrogen) atoms. The summed E-state index contributed by atoms with van der Waals surface area (Å²) in [6, 6.07) is 0.958. The largest absolute Gasteiger partial charge is 0.433 e. The van der Waals surface area contributed by atoms with Gasteiger partial charge in [-0.2, -0.15) is 23.5 Å². The van der Waals surface area contributed by atoms with Crippen molar-refractivity contribution in [3.63, 3.8) is 0 Å². The van der Waals surface area contributed by atoms with Crippen LogP contribution in [0.3, 0.4) is 0 Å². The van der Waals surface area contributed by atoms with Crippen LogP contribution in [0.2, 0.25) is 18.1 Å². The first-order valence-corrected chi connectivity index (χ1v) is 12.9. The molecule has 1 saturated carbocycles. The fraction of sp³-hybridized carbons (Fsp3) is 0.778.